The molecule has 0 aliphatic heterocycles. The largest absolute Gasteiger partial charge is 0.495 e. The van der Waals surface area contributed by atoms with E-state index in [1.54, 1.807) is 7.11 Å². The first-order valence-corrected chi connectivity index (χ1v) is 4.68. The van der Waals surface area contributed by atoms with Crippen molar-refractivity contribution < 1.29 is 4.74 Å². The molecule has 0 radical (unpaired) electrons. The Kier molecular flexibility index (Phi) is 2.45. The van der Waals surface area contributed by atoms with Crippen molar-refractivity contribution in [2.45, 2.75) is 0 Å². The molecule has 6 heteroatoms. The van der Waals surface area contributed by atoms with Gasteiger partial charge in [0, 0.05) is 0 Å². The number of benzene rings is 1. The second-order valence-electron chi connectivity index (χ2n) is 2.56. The predicted octanol–water partition coefficient (Wildman–Crippen LogP) is 1.64. The molecule has 0 aliphatic rings. The third-order valence-corrected chi connectivity index (χ3v) is 2.38. The zero-order valence-corrected chi connectivity index (χ0v) is 8.95. The molecule has 1 heterocycles. The van der Waals surface area contributed by atoms with Crippen LogP contribution in [0.5, 0.6) is 5.75 Å². The summed E-state index contributed by atoms with van der Waals surface area (Å²) in [6.07, 6.45) is 0. The Morgan fingerprint density at radius 3 is 2.93 bits per heavy atom. The summed E-state index contributed by atoms with van der Waals surface area (Å²) in [5.74, 6) is 1.22. The number of hydrogen-bond acceptors (Lipinski definition) is 4. The summed E-state index contributed by atoms with van der Waals surface area (Å²) < 4.78 is 6.09. The van der Waals surface area contributed by atoms with Crippen molar-refractivity contribution in [3.63, 3.8) is 0 Å². The van der Waals surface area contributed by atoms with Gasteiger partial charge in [-0.2, -0.15) is 5.21 Å². The second kappa shape index (κ2) is 3.75. The van der Waals surface area contributed by atoms with E-state index in [-0.39, 0.29) is 0 Å². The maximum Gasteiger partial charge on any atom is 0.208 e. The molecule has 14 heavy (non-hydrogen) atoms. The summed E-state index contributed by atoms with van der Waals surface area (Å²) in [5.41, 5.74) is 0.802. The predicted molar refractivity (Wildman–Crippen MR) is 53.9 cm³/mol. The lowest BCUT2D eigenvalue weighted by atomic mass is 10.2. The van der Waals surface area contributed by atoms with Gasteiger partial charge < -0.3 is 4.74 Å². The molecule has 0 bridgehead atoms. The van der Waals surface area contributed by atoms with E-state index < -0.39 is 0 Å². The van der Waals surface area contributed by atoms with Crippen LogP contribution in [0, 0.1) is 0 Å². The van der Waals surface area contributed by atoms with Gasteiger partial charge >= 0.3 is 0 Å². The molecule has 2 rings (SSSR count). The van der Waals surface area contributed by atoms with Gasteiger partial charge in [0.15, 0.2) is 0 Å². The zero-order chi connectivity index (χ0) is 9.97. The Hall–Kier alpha value is -1.43. The van der Waals surface area contributed by atoms with Gasteiger partial charge in [0.2, 0.25) is 5.82 Å². The lowest BCUT2D eigenvalue weighted by molar-refractivity contribution is 0.413. The van der Waals surface area contributed by atoms with E-state index in [0.717, 1.165) is 10.0 Å². The van der Waals surface area contributed by atoms with E-state index in [1.807, 2.05) is 18.2 Å². The fourth-order valence-corrected chi connectivity index (χ4v) is 1.70. The highest BCUT2D eigenvalue weighted by Gasteiger charge is 2.11. The lowest BCUT2D eigenvalue weighted by Gasteiger charge is -2.06. The van der Waals surface area contributed by atoms with Crippen molar-refractivity contribution in [3.05, 3.63) is 22.7 Å². The molecule has 0 fully saturated rings. The smallest absolute Gasteiger partial charge is 0.208 e. The quantitative estimate of drug-likeness (QED) is 0.885. The van der Waals surface area contributed by atoms with Gasteiger partial charge in [0.1, 0.15) is 5.75 Å². The van der Waals surface area contributed by atoms with Gasteiger partial charge in [0.05, 0.1) is 17.1 Å². The molecule has 1 N–H and O–H groups in total. The molecule has 0 amide bonds. The highest BCUT2D eigenvalue weighted by Crippen LogP contribution is 2.33. The minimum atomic E-state index is 0.517. The van der Waals surface area contributed by atoms with Gasteiger partial charge in [0.25, 0.3) is 0 Å². The zero-order valence-electron chi connectivity index (χ0n) is 7.36. The average Bonchev–Trinajstić information content (AvgIpc) is 2.70. The van der Waals surface area contributed by atoms with E-state index in [2.05, 4.69) is 36.6 Å². The van der Waals surface area contributed by atoms with E-state index in [4.69, 9.17) is 4.74 Å². The first-order chi connectivity index (χ1) is 6.83. The number of halogens is 1. The SMILES string of the molecule is COc1c(Br)cccc1-c1nn[nH]n1. The fraction of sp³-hybridized carbons (Fsp3) is 0.125. The molecule has 2 aromatic rings. The number of ether oxygens (including phenoxy) is 1. The monoisotopic (exact) mass is 254 g/mol. The summed E-state index contributed by atoms with van der Waals surface area (Å²) >= 11 is 3.38. The maximum atomic E-state index is 5.23. The summed E-state index contributed by atoms with van der Waals surface area (Å²) in [7, 11) is 1.60. The van der Waals surface area contributed by atoms with Gasteiger partial charge in [-0.3, -0.25) is 0 Å². The average molecular weight is 255 g/mol. The highest BCUT2D eigenvalue weighted by molar-refractivity contribution is 9.10. The molecule has 72 valence electrons. The van der Waals surface area contributed by atoms with Crippen LogP contribution >= 0.6 is 15.9 Å². The summed E-state index contributed by atoms with van der Waals surface area (Å²) in [5, 5.41) is 13.7. The van der Waals surface area contributed by atoms with E-state index >= 15 is 0 Å². The van der Waals surface area contributed by atoms with E-state index in [9.17, 15) is 0 Å². The van der Waals surface area contributed by atoms with Gasteiger partial charge in [-0.05, 0) is 33.3 Å². The number of hydrogen-bond donors (Lipinski definition) is 1. The van der Waals surface area contributed by atoms with Crippen LogP contribution in [-0.2, 0) is 0 Å². The van der Waals surface area contributed by atoms with Gasteiger partial charge in [-0.15, -0.1) is 10.2 Å². The standard InChI is InChI=1S/C8H7BrN4O/c1-14-7-5(3-2-4-6(7)9)8-10-12-13-11-8/h2-4H,1H3,(H,10,11,12,13). The fourth-order valence-electron chi connectivity index (χ4n) is 1.17. The molecule has 1 aromatic heterocycles. The second-order valence-corrected chi connectivity index (χ2v) is 3.41. The summed E-state index contributed by atoms with van der Waals surface area (Å²) in [4.78, 5) is 0. The topological polar surface area (TPSA) is 63.7 Å². The van der Waals surface area contributed by atoms with Crippen LogP contribution < -0.4 is 4.74 Å². The normalized spacial score (nSPS) is 10.1. The number of aromatic nitrogens is 4. The van der Waals surface area contributed by atoms with Crippen molar-refractivity contribution in [3.8, 4) is 17.1 Å². The Balaban J connectivity index is 2.58. The molecular formula is C8H7BrN4O. The minimum Gasteiger partial charge on any atom is -0.495 e. The number of nitrogens with one attached hydrogen (secondary N) is 1. The Morgan fingerprint density at radius 2 is 2.29 bits per heavy atom. The number of rotatable bonds is 2. The van der Waals surface area contributed by atoms with Crippen molar-refractivity contribution in [1.82, 2.24) is 20.6 Å². The third-order valence-electron chi connectivity index (χ3n) is 1.76. The molecule has 1 aromatic carbocycles. The maximum absolute atomic E-state index is 5.23. The van der Waals surface area contributed by atoms with Crippen LogP contribution in [0.15, 0.2) is 22.7 Å². The minimum absolute atomic E-state index is 0.517. The molecule has 0 atom stereocenters. The highest BCUT2D eigenvalue weighted by atomic mass is 79.9. The van der Waals surface area contributed by atoms with Gasteiger partial charge in [-0.25, -0.2) is 0 Å². The van der Waals surface area contributed by atoms with Crippen LogP contribution in [-0.4, -0.2) is 27.7 Å². The summed E-state index contributed by atoms with van der Waals surface area (Å²) in [6.45, 7) is 0. The summed E-state index contributed by atoms with van der Waals surface area (Å²) in [6, 6.07) is 5.65. The first kappa shape index (κ1) is 9.14. The van der Waals surface area contributed by atoms with E-state index in [1.165, 1.54) is 0 Å². The Bertz CT molecular complexity index is 429. The number of para-hydroxylation sites is 1. The number of methoxy groups -OCH3 is 1. The number of tetrazole rings is 1. The van der Waals surface area contributed by atoms with Crippen LogP contribution in [0.3, 0.4) is 0 Å². The van der Waals surface area contributed by atoms with E-state index in [0.29, 0.717) is 11.6 Å². The van der Waals surface area contributed by atoms with Crippen LogP contribution in [0.25, 0.3) is 11.4 Å². The van der Waals surface area contributed by atoms with Crippen LogP contribution in [0.2, 0.25) is 0 Å². The molecule has 0 spiro atoms. The van der Waals surface area contributed by atoms with Crippen molar-refractivity contribution in [1.29, 1.82) is 0 Å². The molecular weight excluding hydrogens is 248 g/mol. The lowest BCUT2D eigenvalue weighted by Crippen LogP contribution is -1.90. The molecule has 0 unspecified atom stereocenters. The molecule has 0 saturated carbocycles. The van der Waals surface area contributed by atoms with Gasteiger partial charge in [-0.1, -0.05) is 6.07 Å². The molecule has 0 aliphatic carbocycles. The Labute approximate surface area is 88.6 Å². The number of nitrogens with zero attached hydrogens (tertiary/aromatic N) is 3. The third kappa shape index (κ3) is 1.48. The molecule has 0 saturated heterocycles. The number of H-pyrrole nitrogens is 1. The van der Waals surface area contributed by atoms with Crippen molar-refractivity contribution in [2.24, 2.45) is 0 Å². The van der Waals surface area contributed by atoms with Crippen LogP contribution in [0.4, 0.5) is 0 Å². The Morgan fingerprint density at radius 1 is 1.43 bits per heavy atom. The molecule has 5 nitrogen and oxygen atoms in total. The number of aromatic amines is 1. The van der Waals surface area contributed by atoms with Crippen LogP contribution in [0.1, 0.15) is 0 Å². The van der Waals surface area contributed by atoms with Crippen molar-refractivity contribution >= 4 is 15.9 Å². The van der Waals surface area contributed by atoms with Crippen molar-refractivity contribution in [2.75, 3.05) is 7.11 Å². The first-order valence-electron chi connectivity index (χ1n) is 3.89.